The smallest absolute Gasteiger partial charge is 0.289 e. The molecule has 7 heteroatoms. The molecule has 3 rings (SSSR count). The summed E-state index contributed by atoms with van der Waals surface area (Å²) in [6.07, 6.45) is 1.53. The Labute approximate surface area is 172 Å². The molecule has 0 bridgehead atoms. The van der Waals surface area contributed by atoms with E-state index in [4.69, 9.17) is 9.15 Å². The Balaban J connectivity index is 1.47. The number of carbonyl (C=O) groups excluding carboxylic acids is 1. The number of benzene rings is 1. The van der Waals surface area contributed by atoms with Crippen LogP contribution in [0.15, 0.2) is 52.1 Å². The van der Waals surface area contributed by atoms with Gasteiger partial charge in [-0.15, -0.1) is 0 Å². The predicted octanol–water partition coefficient (Wildman–Crippen LogP) is 2.85. The van der Waals surface area contributed by atoms with Crippen molar-refractivity contribution in [3.05, 3.63) is 54.0 Å². The van der Waals surface area contributed by atoms with Crippen molar-refractivity contribution in [1.29, 1.82) is 0 Å². The summed E-state index contributed by atoms with van der Waals surface area (Å²) >= 11 is 0. The van der Waals surface area contributed by atoms with Gasteiger partial charge in [-0.3, -0.25) is 9.79 Å². The number of aliphatic imine (C=N–C) groups is 1. The lowest BCUT2D eigenvalue weighted by Gasteiger charge is -2.36. The van der Waals surface area contributed by atoms with E-state index in [2.05, 4.69) is 41.2 Å². The van der Waals surface area contributed by atoms with Crippen molar-refractivity contribution >= 4 is 11.9 Å². The average Bonchev–Trinajstić information content (AvgIpc) is 3.28. The van der Waals surface area contributed by atoms with Gasteiger partial charge in [0.05, 0.1) is 12.9 Å². The van der Waals surface area contributed by atoms with Crippen LogP contribution in [0.4, 0.5) is 0 Å². The lowest BCUT2D eigenvalue weighted by Crippen LogP contribution is -2.53. The fraction of sp³-hybridized carbons (Fsp3) is 0.455. The van der Waals surface area contributed by atoms with Crippen LogP contribution in [-0.2, 0) is 6.54 Å². The molecule has 0 radical (unpaired) electrons. The Morgan fingerprint density at radius 2 is 1.83 bits per heavy atom. The molecule has 2 aromatic rings. The average molecular weight is 399 g/mol. The van der Waals surface area contributed by atoms with E-state index < -0.39 is 0 Å². The van der Waals surface area contributed by atoms with E-state index >= 15 is 0 Å². The summed E-state index contributed by atoms with van der Waals surface area (Å²) in [7, 11) is 1.78. The number of piperazine rings is 1. The van der Waals surface area contributed by atoms with Crippen molar-refractivity contribution in [1.82, 2.24) is 15.1 Å². The van der Waals surface area contributed by atoms with Gasteiger partial charge in [0.2, 0.25) is 0 Å². The summed E-state index contributed by atoms with van der Waals surface area (Å²) < 4.78 is 10.9. The van der Waals surface area contributed by atoms with Crippen LogP contribution >= 0.6 is 0 Å². The highest BCUT2D eigenvalue weighted by molar-refractivity contribution is 5.91. The molecule has 1 saturated heterocycles. The number of nitrogens with zero attached hydrogens (tertiary/aromatic N) is 3. The number of nitrogens with one attached hydrogen (secondary N) is 1. The first-order valence-electron chi connectivity index (χ1n) is 10.1. The third kappa shape index (κ3) is 5.76. The molecule has 0 spiro atoms. The van der Waals surface area contributed by atoms with Crippen LogP contribution in [0, 0.1) is 5.92 Å². The van der Waals surface area contributed by atoms with Gasteiger partial charge in [0.1, 0.15) is 5.75 Å². The Morgan fingerprint density at radius 1 is 1.14 bits per heavy atom. The molecule has 156 valence electrons. The first kappa shape index (κ1) is 20.8. The highest BCUT2D eigenvalue weighted by Gasteiger charge is 2.25. The minimum Gasteiger partial charge on any atom is -0.493 e. The van der Waals surface area contributed by atoms with Gasteiger partial charge in [0.25, 0.3) is 5.91 Å². The van der Waals surface area contributed by atoms with Crippen LogP contribution in [0.2, 0.25) is 0 Å². The van der Waals surface area contributed by atoms with E-state index in [1.54, 1.807) is 19.2 Å². The van der Waals surface area contributed by atoms with Crippen LogP contribution in [0.1, 0.15) is 30.0 Å². The molecule has 2 heterocycles. The van der Waals surface area contributed by atoms with Crippen molar-refractivity contribution in [2.24, 2.45) is 10.9 Å². The van der Waals surface area contributed by atoms with Crippen LogP contribution < -0.4 is 10.1 Å². The maximum Gasteiger partial charge on any atom is 0.289 e. The van der Waals surface area contributed by atoms with Crippen LogP contribution in [-0.4, -0.2) is 61.5 Å². The van der Waals surface area contributed by atoms with Gasteiger partial charge in [-0.25, -0.2) is 0 Å². The molecule has 1 fully saturated rings. The van der Waals surface area contributed by atoms with Crippen molar-refractivity contribution in [2.45, 2.75) is 20.4 Å². The molecular weight excluding hydrogens is 368 g/mol. The third-order valence-corrected chi connectivity index (χ3v) is 4.77. The largest absolute Gasteiger partial charge is 0.493 e. The molecule has 1 N–H and O–H groups in total. The van der Waals surface area contributed by atoms with Gasteiger partial charge >= 0.3 is 0 Å². The number of amides is 1. The Kier molecular flexibility index (Phi) is 7.16. The summed E-state index contributed by atoms with van der Waals surface area (Å²) in [4.78, 5) is 20.8. The molecule has 1 amide bonds. The number of ether oxygens (including phenoxy) is 1. The minimum atomic E-state index is -0.0580. The van der Waals surface area contributed by atoms with Crippen LogP contribution in [0.5, 0.6) is 5.75 Å². The molecule has 0 unspecified atom stereocenters. The van der Waals surface area contributed by atoms with E-state index in [1.165, 1.54) is 6.26 Å². The number of carbonyl (C=O) groups is 1. The Bertz CT molecular complexity index is 792. The van der Waals surface area contributed by atoms with Crippen molar-refractivity contribution < 1.29 is 13.9 Å². The molecule has 1 aliphatic rings. The normalized spacial score (nSPS) is 15.0. The second-order valence-corrected chi connectivity index (χ2v) is 7.51. The fourth-order valence-electron chi connectivity index (χ4n) is 3.16. The van der Waals surface area contributed by atoms with Gasteiger partial charge in [-0.2, -0.15) is 0 Å². The number of furan rings is 1. The van der Waals surface area contributed by atoms with Gasteiger partial charge in [-0.1, -0.05) is 26.0 Å². The van der Waals surface area contributed by atoms with E-state index in [1.807, 2.05) is 17.0 Å². The maximum absolute atomic E-state index is 12.4. The zero-order chi connectivity index (χ0) is 20.6. The SMILES string of the molecule is CN=C(NCc1ccc(OCC(C)C)cc1)N1CCN(C(=O)c2ccco2)CC1. The fourth-order valence-corrected chi connectivity index (χ4v) is 3.16. The quantitative estimate of drug-likeness (QED) is 0.599. The molecule has 0 aliphatic carbocycles. The van der Waals surface area contributed by atoms with Gasteiger partial charge in [0, 0.05) is 39.8 Å². The monoisotopic (exact) mass is 398 g/mol. The molecule has 1 aromatic carbocycles. The number of guanidine groups is 1. The maximum atomic E-state index is 12.4. The minimum absolute atomic E-state index is 0.0580. The lowest BCUT2D eigenvalue weighted by molar-refractivity contribution is 0.0657. The van der Waals surface area contributed by atoms with E-state index in [0.29, 0.717) is 31.3 Å². The molecule has 29 heavy (non-hydrogen) atoms. The molecule has 1 aliphatic heterocycles. The predicted molar refractivity (Wildman–Crippen MR) is 113 cm³/mol. The zero-order valence-corrected chi connectivity index (χ0v) is 17.4. The topological polar surface area (TPSA) is 70.3 Å². The van der Waals surface area contributed by atoms with Crippen molar-refractivity contribution in [3.8, 4) is 5.75 Å². The van der Waals surface area contributed by atoms with Crippen molar-refractivity contribution in [3.63, 3.8) is 0 Å². The zero-order valence-electron chi connectivity index (χ0n) is 17.4. The third-order valence-electron chi connectivity index (χ3n) is 4.77. The summed E-state index contributed by atoms with van der Waals surface area (Å²) in [5, 5.41) is 3.41. The van der Waals surface area contributed by atoms with Crippen LogP contribution in [0.3, 0.4) is 0 Å². The first-order valence-corrected chi connectivity index (χ1v) is 10.1. The Hall–Kier alpha value is -2.96. The molecule has 0 saturated carbocycles. The summed E-state index contributed by atoms with van der Waals surface area (Å²) in [5.41, 5.74) is 1.16. The number of rotatable bonds is 6. The second-order valence-electron chi connectivity index (χ2n) is 7.51. The Morgan fingerprint density at radius 3 is 2.41 bits per heavy atom. The van der Waals surface area contributed by atoms with E-state index in [-0.39, 0.29) is 5.91 Å². The molecule has 0 atom stereocenters. The second kappa shape index (κ2) is 10.0. The van der Waals surface area contributed by atoms with Crippen molar-refractivity contribution in [2.75, 3.05) is 39.8 Å². The summed E-state index contributed by atoms with van der Waals surface area (Å²) in [5.74, 6) is 2.58. The molecular formula is C22H30N4O3. The molecule has 7 nitrogen and oxygen atoms in total. The highest BCUT2D eigenvalue weighted by atomic mass is 16.5. The molecule has 1 aromatic heterocycles. The van der Waals surface area contributed by atoms with E-state index in [9.17, 15) is 4.79 Å². The lowest BCUT2D eigenvalue weighted by atomic mass is 10.2. The first-order chi connectivity index (χ1) is 14.1. The summed E-state index contributed by atoms with van der Waals surface area (Å²) in [6, 6.07) is 11.6. The van der Waals surface area contributed by atoms with Crippen LogP contribution in [0.25, 0.3) is 0 Å². The van der Waals surface area contributed by atoms with Gasteiger partial charge in [-0.05, 0) is 35.7 Å². The van der Waals surface area contributed by atoms with E-state index in [0.717, 1.165) is 37.0 Å². The van der Waals surface area contributed by atoms with Gasteiger partial charge in [0.15, 0.2) is 11.7 Å². The van der Waals surface area contributed by atoms with Gasteiger partial charge < -0.3 is 24.3 Å². The number of hydrogen-bond donors (Lipinski definition) is 1. The highest BCUT2D eigenvalue weighted by Crippen LogP contribution is 2.14. The number of hydrogen-bond acceptors (Lipinski definition) is 4. The standard InChI is InChI=1S/C22H30N4O3/c1-17(2)16-29-19-8-6-18(7-9-19)15-24-22(23-3)26-12-10-25(11-13-26)21(27)20-5-4-14-28-20/h4-9,14,17H,10-13,15-16H2,1-3H3,(H,23,24). The summed E-state index contributed by atoms with van der Waals surface area (Å²) in [6.45, 7) is 8.42.